The summed E-state index contributed by atoms with van der Waals surface area (Å²) in [5, 5.41) is 0. The van der Waals surface area contributed by atoms with E-state index in [1.54, 1.807) is 13.0 Å². The molecule has 1 unspecified atom stereocenters. The van der Waals surface area contributed by atoms with Crippen LogP contribution < -0.4 is 10.5 Å². The maximum absolute atomic E-state index is 13.4. The van der Waals surface area contributed by atoms with Gasteiger partial charge in [-0.3, -0.25) is 0 Å². The van der Waals surface area contributed by atoms with Gasteiger partial charge in [0.1, 0.15) is 11.6 Å². The van der Waals surface area contributed by atoms with E-state index in [-0.39, 0.29) is 10.6 Å². The lowest BCUT2D eigenvalue weighted by molar-refractivity contribution is 0.562. The van der Waals surface area contributed by atoms with Crippen molar-refractivity contribution in [3.63, 3.8) is 0 Å². The van der Waals surface area contributed by atoms with Crippen LogP contribution in [0.1, 0.15) is 18.5 Å². The van der Waals surface area contributed by atoms with Crippen molar-refractivity contribution >= 4 is 15.7 Å². The van der Waals surface area contributed by atoms with E-state index in [1.807, 2.05) is 0 Å². The van der Waals surface area contributed by atoms with E-state index in [2.05, 4.69) is 4.72 Å². The molecular formula is C14H14F2N2O2S. The molecule has 2 aromatic carbocycles. The van der Waals surface area contributed by atoms with Crippen LogP contribution in [-0.2, 0) is 10.0 Å². The molecule has 2 rings (SSSR count). The Morgan fingerprint density at radius 3 is 2.48 bits per heavy atom. The van der Waals surface area contributed by atoms with Gasteiger partial charge in [-0.15, -0.1) is 0 Å². The summed E-state index contributed by atoms with van der Waals surface area (Å²) in [6.07, 6.45) is 0. The van der Waals surface area contributed by atoms with Crippen molar-refractivity contribution in [3.05, 3.63) is 59.7 Å². The molecule has 4 nitrogen and oxygen atoms in total. The van der Waals surface area contributed by atoms with E-state index >= 15 is 0 Å². The lowest BCUT2D eigenvalue weighted by Gasteiger charge is -2.15. The highest BCUT2D eigenvalue weighted by molar-refractivity contribution is 7.89. The molecule has 0 aromatic heterocycles. The van der Waals surface area contributed by atoms with Crippen molar-refractivity contribution < 1.29 is 17.2 Å². The summed E-state index contributed by atoms with van der Waals surface area (Å²) < 4.78 is 53.2. The molecule has 21 heavy (non-hydrogen) atoms. The van der Waals surface area contributed by atoms with Crippen molar-refractivity contribution in [3.8, 4) is 0 Å². The molecule has 0 aliphatic rings. The molecule has 0 heterocycles. The first-order chi connectivity index (χ1) is 9.79. The average Bonchev–Trinajstić information content (AvgIpc) is 2.41. The third-order valence-corrected chi connectivity index (χ3v) is 4.50. The highest BCUT2D eigenvalue weighted by Crippen LogP contribution is 2.20. The monoisotopic (exact) mass is 312 g/mol. The zero-order valence-electron chi connectivity index (χ0n) is 11.2. The van der Waals surface area contributed by atoms with Gasteiger partial charge in [0.15, 0.2) is 0 Å². The van der Waals surface area contributed by atoms with Gasteiger partial charge in [0.2, 0.25) is 10.0 Å². The van der Waals surface area contributed by atoms with Crippen LogP contribution in [0, 0.1) is 11.6 Å². The Morgan fingerprint density at radius 1 is 1.14 bits per heavy atom. The number of hydrogen-bond acceptors (Lipinski definition) is 3. The molecule has 0 radical (unpaired) electrons. The molecule has 0 bridgehead atoms. The first kappa shape index (κ1) is 15.4. The predicted octanol–water partition coefficient (Wildman–Crippen LogP) is 2.59. The Balaban J connectivity index is 2.26. The molecule has 0 fully saturated rings. The molecular weight excluding hydrogens is 298 g/mol. The maximum atomic E-state index is 13.4. The number of anilines is 1. The number of rotatable bonds is 4. The number of halogens is 2. The quantitative estimate of drug-likeness (QED) is 0.852. The van der Waals surface area contributed by atoms with Crippen molar-refractivity contribution in [2.24, 2.45) is 0 Å². The van der Waals surface area contributed by atoms with Gasteiger partial charge < -0.3 is 5.73 Å². The molecule has 0 spiro atoms. The van der Waals surface area contributed by atoms with Crippen LogP contribution >= 0.6 is 0 Å². The first-order valence-electron chi connectivity index (χ1n) is 6.12. The first-order valence-corrected chi connectivity index (χ1v) is 7.61. The lowest BCUT2D eigenvalue weighted by Crippen LogP contribution is -2.27. The van der Waals surface area contributed by atoms with E-state index in [1.165, 1.54) is 30.3 Å². The highest BCUT2D eigenvalue weighted by atomic mass is 32.2. The van der Waals surface area contributed by atoms with Crippen LogP contribution in [0.4, 0.5) is 14.5 Å². The topological polar surface area (TPSA) is 72.2 Å². The van der Waals surface area contributed by atoms with Gasteiger partial charge in [-0.05, 0) is 42.8 Å². The van der Waals surface area contributed by atoms with Crippen LogP contribution in [0.25, 0.3) is 0 Å². The minimum absolute atomic E-state index is 0.132. The molecule has 0 aliphatic carbocycles. The number of nitrogens with two attached hydrogens (primary N) is 1. The van der Waals surface area contributed by atoms with Gasteiger partial charge in [0.05, 0.1) is 10.6 Å². The summed E-state index contributed by atoms with van der Waals surface area (Å²) in [7, 11) is -3.93. The van der Waals surface area contributed by atoms with E-state index < -0.39 is 27.7 Å². The minimum Gasteiger partial charge on any atom is -0.396 e. The number of sulfonamides is 1. The summed E-state index contributed by atoms with van der Waals surface area (Å²) in [6, 6.07) is 8.15. The van der Waals surface area contributed by atoms with E-state index in [0.29, 0.717) is 5.56 Å². The number of nitrogens with one attached hydrogen (secondary N) is 1. The molecule has 1 atom stereocenters. The smallest absolute Gasteiger partial charge is 0.241 e. The largest absolute Gasteiger partial charge is 0.396 e. The third kappa shape index (κ3) is 3.56. The SMILES string of the molecule is CC(NS(=O)(=O)c1ccc(N)c(F)c1)c1cccc(F)c1. The van der Waals surface area contributed by atoms with Crippen LogP contribution in [0.3, 0.4) is 0 Å². The fraction of sp³-hybridized carbons (Fsp3) is 0.143. The second-order valence-electron chi connectivity index (χ2n) is 4.58. The summed E-state index contributed by atoms with van der Waals surface area (Å²) in [5.74, 6) is -1.27. The summed E-state index contributed by atoms with van der Waals surface area (Å²) in [4.78, 5) is -0.238. The van der Waals surface area contributed by atoms with Crippen LogP contribution in [-0.4, -0.2) is 8.42 Å². The molecule has 7 heteroatoms. The maximum Gasteiger partial charge on any atom is 0.241 e. The van der Waals surface area contributed by atoms with Gasteiger partial charge in [0.25, 0.3) is 0 Å². The summed E-state index contributed by atoms with van der Waals surface area (Å²) in [6.45, 7) is 1.57. The zero-order valence-corrected chi connectivity index (χ0v) is 12.0. The molecule has 0 aliphatic heterocycles. The fourth-order valence-electron chi connectivity index (χ4n) is 1.82. The van der Waals surface area contributed by atoms with Gasteiger partial charge in [0, 0.05) is 6.04 Å². The standard InChI is InChI=1S/C14H14F2N2O2S/c1-9(10-3-2-4-11(15)7-10)18-21(19,20)12-5-6-14(17)13(16)8-12/h2-9,18H,17H2,1H3. The van der Waals surface area contributed by atoms with Gasteiger partial charge in [-0.2, -0.15) is 0 Å². The lowest BCUT2D eigenvalue weighted by atomic mass is 10.1. The number of nitrogen functional groups attached to an aromatic ring is 1. The second-order valence-corrected chi connectivity index (χ2v) is 6.30. The molecule has 112 valence electrons. The van der Waals surface area contributed by atoms with Crippen LogP contribution in [0.2, 0.25) is 0 Å². The van der Waals surface area contributed by atoms with Crippen LogP contribution in [0.15, 0.2) is 47.4 Å². The average molecular weight is 312 g/mol. The van der Waals surface area contributed by atoms with E-state index in [0.717, 1.165) is 6.07 Å². The molecule has 2 aromatic rings. The Labute approximate surface area is 121 Å². The number of hydrogen-bond donors (Lipinski definition) is 2. The van der Waals surface area contributed by atoms with Gasteiger partial charge in [-0.25, -0.2) is 21.9 Å². The molecule has 3 N–H and O–H groups in total. The predicted molar refractivity (Wildman–Crippen MR) is 75.9 cm³/mol. The highest BCUT2D eigenvalue weighted by Gasteiger charge is 2.19. The zero-order chi connectivity index (χ0) is 15.6. The van der Waals surface area contributed by atoms with Gasteiger partial charge >= 0.3 is 0 Å². The fourth-order valence-corrected chi connectivity index (χ4v) is 3.06. The molecule has 0 amide bonds. The Hall–Kier alpha value is -1.99. The van der Waals surface area contributed by atoms with Crippen molar-refractivity contribution in [1.82, 2.24) is 4.72 Å². The minimum atomic E-state index is -3.93. The summed E-state index contributed by atoms with van der Waals surface area (Å²) >= 11 is 0. The number of benzene rings is 2. The Kier molecular flexibility index (Phi) is 4.24. The molecule has 0 saturated heterocycles. The van der Waals surface area contributed by atoms with Crippen LogP contribution in [0.5, 0.6) is 0 Å². The van der Waals surface area contributed by atoms with Gasteiger partial charge in [-0.1, -0.05) is 12.1 Å². The van der Waals surface area contributed by atoms with Crippen molar-refractivity contribution in [1.29, 1.82) is 0 Å². The Bertz CT molecular complexity index is 763. The summed E-state index contributed by atoms with van der Waals surface area (Å²) in [5.41, 5.74) is 5.64. The van der Waals surface area contributed by atoms with Crippen molar-refractivity contribution in [2.45, 2.75) is 17.9 Å². The van der Waals surface area contributed by atoms with Crippen molar-refractivity contribution in [2.75, 3.05) is 5.73 Å². The van der Waals surface area contributed by atoms with E-state index in [9.17, 15) is 17.2 Å². The van der Waals surface area contributed by atoms with E-state index in [4.69, 9.17) is 5.73 Å². The molecule has 0 saturated carbocycles. The Morgan fingerprint density at radius 2 is 1.86 bits per heavy atom. The normalized spacial score (nSPS) is 13.1. The third-order valence-electron chi connectivity index (χ3n) is 2.96. The second kappa shape index (κ2) is 5.79.